The Bertz CT molecular complexity index is 697. The maximum Gasteiger partial charge on any atom is 0.339 e. The average Bonchev–Trinajstić information content (AvgIpc) is 2.55. The minimum atomic E-state index is -1.19. The summed E-state index contributed by atoms with van der Waals surface area (Å²) in [6.45, 7) is 2.29. The van der Waals surface area contributed by atoms with Crippen LogP contribution < -0.4 is 4.74 Å². The molecule has 2 aromatic rings. The van der Waals surface area contributed by atoms with E-state index in [2.05, 4.69) is 5.16 Å². The molecule has 0 aliphatic rings. The highest BCUT2D eigenvalue weighted by atomic mass is 16.6. The van der Waals surface area contributed by atoms with Gasteiger partial charge in [-0.05, 0) is 24.6 Å². The molecule has 0 aromatic heterocycles. The van der Waals surface area contributed by atoms with Crippen molar-refractivity contribution in [3.63, 3.8) is 0 Å². The monoisotopic (exact) mass is 315 g/mol. The molecule has 0 fully saturated rings. The van der Waals surface area contributed by atoms with Gasteiger partial charge in [0.15, 0.2) is 6.61 Å². The van der Waals surface area contributed by atoms with Crippen molar-refractivity contribution in [2.24, 2.45) is 5.16 Å². The van der Waals surface area contributed by atoms with Gasteiger partial charge in [-0.3, -0.25) is 0 Å². The van der Waals surface area contributed by atoms with Gasteiger partial charge in [-0.2, -0.15) is 0 Å². The van der Waals surface area contributed by atoms with Crippen molar-refractivity contribution in [2.45, 2.75) is 6.92 Å². The summed E-state index contributed by atoms with van der Waals surface area (Å²) in [5.41, 5.74) is 1.56. The SMILES string of the molecule is C/C(=N/OCCOc1ccc(C(=O)O)c(O)c1)c1ccccc1. The van der Waals surface area contributed by atoms with Crippen molar-refractivity contribution in [3.8, 4) is 11.5 Å². The fraction of sp³-hybridized carbons (Fsp3) is 0.176. The number of hydrogen-bond acceptors (Lipinski definition) is 5. The molecule has 6 heteroatoms. The van der Waals surface area contributed by atoms with Gasteiger partial charge in [0.1, 0.15) is 23.7 Å². The number of carbonyl (C=O) groups is 1. The van der Waals surface area contributed by atoms with E-state index in [0.717, 1.165) is 11.3 Å². The number of hydrogen-bond donors (Lipinski definition) is 2. The van der Waals surface area contributed by atoms with Gasteiger partial charge in [-0.25, -0.2) is 4.79 Å². The van der Waals surface area contributed by atoms with E-state index < -0.39 is 5.97 Å². The molecule has 0 bridgehead atoms. The average molecular weight is 315 g/mol. The molecule has 0 unspecified atom stereocenters. The fourth-order valence-corrected chi connectivity index (χ4v) is 1.85. The van der Waals surface area contributed by atoms with E-state index in [-0.39, 0.29) is 24.5 Å². The number of oxime groups is 1. The Morgan fingerprint density at radius 1 is 1.13 bits per heavy atom. The summed E-state index contributed by atoms with van der Waals surface area (Å²) in [6.07, 6.45) is 0. The highest BCUT2D eigenvalue weighted by Gasteiger charge is 2.09. The van der Waals surface area contributed by atoms with Crippen LogP contribution in [0.25, 0.3) is 0 Å². The summed E-state index contributed by atoms with van der Waals surface area (Å²) < 4.78 is 5.36. The van der Waals surface area contributed by atoms with Gasteiger partial charge in [0.2, 0.25) is 0 Å². The van der Waals surface area contributed by atoms with Crippen LogP contribution in [0, 0.1) is 0 Å². The van der Waals surface area contributed by atoms with Gasteiger partial charge in [-0.15, -0.1) is 0 Å². The molecule has 0 atom stereocenters. The van der Waals surface area contributed by atoms with Crippen molar-refractivity contribution in [1.29, 1.82) is 0 Å². The number of phenols is 1. The number of rotatable bonds is 7. The van der Waals surface area contributed by atoms with Crippen LogP contribution in [0.4, 0.5) is 0 Å². The first-order valence-electron chi connectivity index (χ1n) is 6.99. The van der Waals surface area contributed by atoms with Crippen LogP contribution >= 0.6 is 0 Å². The van der Waals surface area contributed by atoms with Crippen molar-refractivity contribution < 1.29 is 24.6 Å². The highest BCUT2D eigenvalue weighted by molar-refractivity contribution is 5.98. The molecular formula is C17H17NO5. The lowest BCUT2D eigenvalue weighted by Gasteiger charge is -2.07. The Morgan fingerprint density at radius 2 is 1.87 bits per heavy atom. The number of carboxylic acid groups (broad SMARTS) is 1. The van der Waals surface area contributed by atoms with E-state index in [4.69, 9.17) is 14.7 Å². The van der Waals surface area contributed by atoms with Crippen LogP contribution in [-0.4, -0.2) is 35.1 Å². The van der Waals surface area contributed by atoms with E-state index in [1.165, 1.54) is 18.2 Å². The molecule has 0 aliphatic carbocycles. The Kier molecular flexibility index (Phi) is 5.57. The first-order valence-corrected chi connectivity index (χ1v) is 6.99. The Balaban J connectivity index is 1.80. The lowest BCUT2D eigenvalue weighted by Crippen LogP contribution is -2.06. The lowest BCUT2D eigenvalue weighted by atomic mass is 10.1. The number of carboxylic acids is 1. The largest absolute Gasteiger partial charge is 0.507 e. The van der Waals surface area contributed by atoms with Crippen LogP contribution in [0.1, 0.15) is 22.8 Å². The summed E-state index contributed by atoms with van der Waals surface area (Å²) in [5.74, 6) is -1.17. The second-order valence-electron chi connectivity index (χ2n) is 4.71. The highest BCUT2D eigenvalue weighted by Crippen LogP contribution is 2.23. The third-order valence-electron chi connectivity index (χ3n) is 3.04. The summed E-state index contributed by atoms with van der Waals surface area (Å²) in [4.78, 5) is 15.9. The van der Waals surface area contributed by atoms with Gasteiger partial charge >= 0.3 is 5.97 Å². The van der Waals surface area contributed by atoms with Crippen molar-refractivity contribution in [3.05, 3.63) is 59.7 Å². The van der Waals surface area contributed by atoms with E-state index in [1.807, 2.05) is 37.3 Å². The maximum absolute atomic E-state index is 10.8. The number of aromatic carboxylic acids is 1. The third kappa shape index (κ3) is 4.74. The van der Waals surface area contributed by atoms with Crippen molar-refractivity contribution in [2.75, 3.05) is 13.2 Å². The van der Waals surface area contributed by atoms with E-state index >= 15 is 0 Å². The maximum atomic E-state index is 10.8. The number of benzene rings is 2. The Labute approximate surface area is 133 Å². The second-order valence-corrected chi connectivity index (χ2v) is 4.71. The van der Waals surface area contributed by atoms with Gasteiger partial charge in [-0.1, -0.05) is 35.5 Å². The molecule has 0 heterocycles. The first kappa shape index (κ1) is 16.4. The predicted octanol–water partition coefficient (Wildman–Crippen LogP) is 2.91. The molecule has 0 radical (unpaired) electrons. The van der Waals surface area contributed by atoms with Crippen molar-refractivity contribution in [1.82, 2.24) is 0 Å². The van der Waals surface area contributed by atoms with Gasteiger partial charge in [0, 0.05) is 6.07 Å². The molecular weight excluding hydrogens is 298 g/mol. The van der Waals surface area contributed by atoms with Gasteiger partial charge < -0.3 is 19.8 Å². The zero-order valence-corrected chi connectivity index (χ0v) is 12.6. The van der Waals surface area contributed by atoms with E-state index in [1.54, 1.807) is 0 Å². The normalized spacial score (nSPS) is 11.1. The fourth-order valence-electron chi connectivity index (χ4n) is 1.85. The standard InChI is InChI=1S/C17H17NO5/c1-12(13-5-3-2-4-6-13)18-23-10-9-22-14-7-8-15(17(20)21)16(19)11-14/h2-8,11,19H,9-10H2,1H3,(H,20,21)/b18-12-. The number of aromatic hydroxyl groups is 1. The summed E-state index contributed by atoms with van der Waals surface area (Å²) in [7, 11) is 0. The molecule has 0 saturated heterocycles. The molecule has 120 valence electrons. The molecule has 0 amide bonds. The molecule has 2 rings (SSSR count). The topological polar surface area (TPSA) is 88.4 Å². The molecule has 2 N–H and O–H groups in total. The molecule has 23 heavy (non-hydrogen) atoms. The van der Waals surface area contributed by atoms with E-state index in [9.17, 15) is 9.90 Å². The van der Waals surface area contributed by atoms with Crippen LogP contribution in [-0.2, 0) is 4.84 Å². The quantitative estimate of drug-likeness (QED) is 0.466. The Hall–Kier alpha value is -3.02. The lowest BCUT2D eigenvalue weighted by molar-refractivity contribution is 0.0693. The van der Waals surface area contributed by atoms with E-state index in [0.29, 0.717) is 5.75 Å². The summed E-state index contributed by atoms with van der Waals surface area (Å²) >= 11 is 0. The van der Waals surface area contributed by atoms with Gasteiger partial charge in [0.25, 0.3) is 0 Å². The molecule has 0 spiro atoms. The zero-order chi connectivity index (χ0) is 16.7. The molecule has 2 aromatic carbocycles. The van der Waals surface area contributed by atoms with Crippen LogP contribution in [0.2, 0.25) is 0 Å². The van der Waals surface area contributed by atoms with Crippen molar-refractivity contribution >= 4 is 11.7 Å². The van der Waals surface area contributed by atoms with Gasteiger partial charge in [0.05, 0.1) is 5.71 Å². The smallest absolute Gasteiger partial charge is 0.339 e. The number of ether oxygens (including phenoxy) is 1. The minimum absolute atomic E-state index is 0.170. The molecule has 0 aliphatic heterocycles. The third-order valence-corrected chi connectivity index (χ3v) is 3.04. The number of nitrogens with zero attached hydrogens (tertiary/aromatic N) is 1. The molecule has 0 saturated carbocycles. The predicted molar refractivity (Wildman–Crippen MR) is 85.2 cm³/mol. The molecule has 6 nitrogen and oxygen atoms in total. The summed E-state index contributed by atoms with van der Waals surface area (Å²) in [5, 5.41) is 22.4. The van der Waals surface area contributed by atoms with Crippen LogP contribution in [0.15, 0.2) is 53.7 Å². The summed E-state index contributed by atoms with van der Waals surface area (Å²) in [6, 6.07) is 13.7. The minimum Gasteiger partial charge on any atom is -0.507 e. The first-order chi connectivity index (χ1) is 11.1. The Morgan fingerprint density at radius 3 is 2.52 bits per heavy atom. The van der Waals surface area contributed by atoms with Crippen LogP contribution in [0.3, 0.4) is 0 Å². The zero-order valence-electron chi connectivity index (χ0n) is 12.6. The second kappa shape index (κ2) is 7.84. The van der Waals surface area contributed by atoms with Crippen LogP contribution in [0.5, 0.6) is 11.5 Å².